The largest absolute Gasteiger partial charge is 0.339 e. The number of benzene rings is 1. The molecule has 2 aromatic rings. The highest BCUT2D eigenvalue weighted by molar-refractivity contribution is 5.19. The lowest BCUT2D eigenvalue weighted by Gasteiger charge is -2.06. The van der Waals surface area contributed by atoms with Crippen LogP contribution < -0.4 is 5.73 Å². The third kappa shape index (κ3) is 3.61. The predicted molar refractivity (Wildman–Crippen MR) is 70.2 cm³/mol. The van der Waals surface area contributed by atoms with Crippen molar-refractivity contribution < 1.29 is 8.91 Å². The van der Waals surface area contributed by atoms with Gasteiger partial charge in [-0.15, -0.1) is 0 Å². The molecule has 2 N–H and O–H groups in total. The standard InChI is InChI=1S/C14H18FN3O/c1-2-4-11(9-16)14-17-13(18-19-14)8-10-5-3-6-12(15)7-10/h3,5-7,11H,2,4,8-9,16H2,1H3. The van der Waals surface area contributed by atoms with Crippen LogP contribution in [0.1, 0.15) is 43.0 Å². The highest BCUT2D eigenvalue weighted by atomic mass is 19.1. The second-order valence-corrected chi connectivity index (χ2v) is 4.58. The third-order valence-corrected chi connectivity index (χ3v) is 3.01. The molecular formula is C14H18FN3O. The number of nitrogens with zero attached hydrogens (tertiary/aromatic N) is 2. The molecule has 19 heavy (non-hydrogen) atoms. The molecule has 4 nitrogen and oxygen atoms in total. The van der Waals surface area contributed by atoms with E-state index in [-0.39, 0.29) is 11.7 Å². The number of halogens is 1. The summed E-state index contributed by atoms with van der Waals surface area (Å²) in [6.45, 7) is 2.59. The van der Waals surface area contributed by atoms with Crippen LogP contribution in [0.15, 0.2) is 28.8 Å². The van der Waals surface area contributed by atoms with Crippen molar-refractivity contribution in [3.63, 3.8) is 0 Å². The van der Waals surface area contributed by atoms with Crippen LogP contribution in [0, 0.1) is 5.82 Å². The molecule has 0 saturated carbocycles. The zero-order valence-corrected chi connectivity index (χ0v) is 11.0. The molecular weight excluding hydrogens is 245 g/mol. The van der Waals surface area contributed by atoms with Gasteiger partial charge >= 0.3 is 0 Å². The second-order valence-electron chi connectivity index (χ2n) is 4.58. The van der Waals surface area contributed by atoms with Gasteiger partial charge in [0.15, 0.2) is 5.82 Å². The average molecular weight is 263 g/mol. The first-order valence-electron chi connectivity index (χ1n) is 6.50. The van der Waals surface area contributed by atoms with Crippen molar-refractivity contribution in [1.29, 1.82) is 0 Å². The summed E-state index contributed by atoms with van der Waals surface area (Å²) in [5.41, 5.74) is 6.52. The molecule has 0 aliphatic rings. The fourth-order valence-electron chi connectivity index (χ4n) is 2.03. The number of aromatic nitrogens is 2. The SMILES string of the molecule is CCCC(CN)c1nc(Cc2cccc(F)c2)no1. The van der Waals surface area contributed by atoms with E-state index in [1.807, 2.05) is 6.07 Å². The van der Waals surface area contributed by atoms with Crippen LogP contribution in [0.5, 0.6) is 0 Å². The lowest BCUT2D eigenvalue weighted by Crippen LogP contribution is -2.12. The van der Waals surface area contributed by atoms with E-state index < -0.39 is 0 Å². The molecule has 102 valence electrons. The minimum atomic E-state index is -0.257. The minimum absolute atomic E-state index is 0.110. The van der Waals surface area contributed by atoms with Gasteiger partial charge in [-0.25, -0.2) is 4.39 Å². The lowest BCUT2D eigenvalue weighted by molar-refractivity contribution is 0.344. The maximum atomic E-state index is 13.1. The molecule has 2 rings (SSSR count). The Kier molecular flexibility index (Phi) is 4.63. The van der Waals surface area contributed by atoms with Crippen LogP contribution in [0.3, 0.4) is 0 Å². The number of hydrogen-bond acceptors (Lipinski definition) is 4. The molecule has 0 radical (unpaired) electrons. The second kappa shape index (κ2) is 6.43. The molecule has 0 aliphatic carbocycles. The van der Waals surface area contributed by atoms with Crippen molar-refractivity contribution in [2.24, 2.45) is 5.73 Å². The predicted octanol–water partition coefficient (Wildman–Crippen LogP) is 2.64. The van der Waals surface area contributed by atoms with Crippen LogP contribution >= 0.6 is 0 Å². The Bertz CT molecular complexity index is 527. The highest BCUT2D eigenvalue weighted by Gasteiger charge is 2.16. The van der Waals surface area contributed by atoms with Crippen LogP contribution in [0.4, 0.5) is 4.39 Å². The maximum absolute atomic E-state index is 13.1. The Hall–Kier alpha value is -1.75. The normalized spacial score (nSPS) is 12.6. The molecule has 0 amide bonds. The molecule has 1 aromatic carbocycles. The first kappa shape index (κ1) is 13.7. The van der Waals surface area contributed by atoms with Gasteiger partial charge in [-0.3, -0.25) is 0 Å². The molecule has 0 bridgehead atoms. The van der Waals surface area contributed by atoms with Gasteiger partial charge < -0.3 is 10.3 Å². The smallest absolute Gasteiger partial charge is 0.231 e. The van der Waals surface area contributed by atoms with Gasteiger partial charge in [-0.05, 0) is 24.1 Å². The molecule has 0 fully saturated rings. The zero-order chi connectivity index (χ0) is 13.7. The first-order valence-corrected chi connectivity index (χ1v) is 6.50. The topological polar surface area (TPSA) is 64.9 Å². The monoisotopic (exact) mass is 263 g/mol. The summed E-state index contributed by atoms with van der Waals surface area (Å²) in [5.74, 6) is 0.997. The molecule has 0 saturated heterocycles. The van der Waals surface area contributed by atoms with Crippen LogP contribution in [-0.2, 0) is 6.42 Å². The molecule has 5 heteroatoms. The van der Waals surface area contributed by atoms with E-state index in [4.69, 9.17) is 10.3 Å². The van der Waals surface area contributed by atoms with Gasteiger partial charge in [0.05, 0.1) is 5.92 Å². The summed E-state index contributed by atoms with van der Waals surface area (Å²) >= 11 is 0. The molecule has 0 aliphatic heterocycles. The number of nitrogens with two attached hydrogens (primary N) is 1. The van der Waals surface area contributed by atoms with Gasteiger partial charge in [0, 0.05) is 13.0 Å². The van der Waals surface area contributed by atoms with E-state index >= 15 is 0 Å². The van der Waals surface area contributed by atoms with Crippen molar-refractivity contribution >= 4 is 0 Å². The minimum Gasteiger partial charge on any atom is -0.339 e. The van der Waals surface area contributed by atoms with E-state index in [2.05, 4.69) is 17.1 Å². The Morgan fingerprint density at radius 1 is 1.42 bits per heavy atom. The summed E-state index contributed by atoms with van der Waals surface area (Å²) in [6, 6.07) is 6.40. The summed E-state index contributed by atoms with van der Waals surface area (Å²) in [6.07, 6.45) is 2.41. The van der Waals surface area contributed by atoms with E-state index in [1.165, 1.54) is 12.1 Å². The molecule has 1 unspecified atom stereocenters. The fraction of sp³-hybridized carbons (Fsp3) is 0.429. The van der Waals surface area contributed by atoms with Crippen LogP contribution in [0.25, 0.3) is 0 Å². The molecule has 1 heterocycles. The molecule has 0 spiro atoms. The lowest BCUT2D eigenvalue weighted by atomic mass is 10.0. The van der Waals surface area contributed by atoms with Crippen molar-refractivity contribution in [3.05, 3.63) is 47.4 Å². The van der Waals surface area contributed by atoms with Crippen LogP contribution in [0.2, 0.25) is 0 Å². The first-order chi connectivity index (χ1) is 9.22. The molecule has 1 aromatic heterocycles. The van der Waals surface area contributed by atoms with Gasteiger partial charge in [0.2, 0.25) is 5.89 Å². The van der Waals surface area contributed by atoms with E-state index in [0.29, 0.717) is 24.7 Å². The van der Waals surface area contributed by atoms with E-state index in [0.717, 1.165) is 18.4 Å². The van der Waals surface area contributed by atoms with Crippen molar-refractivity contribution in [2.75, 3.05) is 6.54 Å². The summed E-state index contributed by atoms with van der Waals surface area (Å²) in [7, 11) is 0. The quantitative estimate of drug-likeness (QED) is 0.870. The van der Waals surface area contributed by atoms with Gasteiger partial charge in [-0.2, -0.15) is 4.98 Å². The zero-order valence-electron chi connectivity index (χ0n) is 11.0. The van der Waals surface area contributed by atoms with Crippen LogP contribution in [-0.4, -0.2) is 16.7 Å². The third-order valence-electron chi connectivity index (χ3n) is 3.01. The Morgan fingerprint density at radius 3 is 2.95 bits per heavy atom. The van der Waals surface area contributed by atoms with E-state index in [1.54, 1.807) is 6.07 Å². The van der Waals surface area contributed by atoms with Crippen molar-refractivity contribution in [3.8, 4) is 0 Å². The maximum Gasteiger partial charge on any atom is 0.231 e. The Labute approximate surface area is 111 Å². The van der Waals surface area contributed by atoms with E-state index in [9.17, 15) is 4.39 Å². The fourth-order valence-corrected chi connectivity index (χ4v) is 2.03. The van der Waals surface area contributed by atoms with Crippen molar-refractivity contribution in [1.82, 2.24) is 10.1 Å². The summed E-state index contributed by atoms with van der Waals surface area (Å²) < 4.78 is 18.3. The Morgan fingerprint density at radius 2 is 2.26 bits per heavy atom. The average Bonchev–Trinajstić information content (AvgIpc) is 2.84. The highest BCUT2D eigenvalue weighted by Crippen LogP contribution is 2.19. The Balaban J connectivity index is 2.08. The molecule has 1 atom stereocenters. The summed E-state index contributed by atoms with van der Waals surface area (Å²) in [4.78, 5) is 4.34. The van der Waals surface area contributed by atoms with Gasteiger partial charge in [-0.1, -0.05) is 30.6 Å². The summed E-state index contributed by atoms with van der Waals surface area (Å²) in [5, 5.41) is 3.93. The van der Waals surface area contributed by atoms with Gasteiger partial charge in [0.1, 0.15) is 5.82 Å². The van der Waals surface area contributed by atoms with Gasteiger partial charge in [0.25, 0.3) is 0 Å². The number of hydrogen-bond donors (Lipinski definition) is 1. The van der Waals surface area contributed by atoms with Crippen molar-refractivity contribution in [2.45, 2.75) is 32.1 Å². The number of rotatable bonds is 6.